The molecule has 1 aromatic heterocycles. The lowest BCUT2D eigenvalue weighted by Crippen LogP contribution is -2.35. The van der Waals surface area contributed by atoms with Gasteiger partial charge in [0, 0.05) is 24.5 Å². The average molecular weight is 286 g/mol. The molecule has 112 valence electrons. The minimum Gasteiger partial charge on any atom is -0.453 e. The topological polar surface area (TPSA) is 36.7 Å². The van der Waals surface area contributed by atoms with E-state index in [2.05, 4.69) is 30.8 Å². The fourth-order valence-corrected chi connectivity index (χ4v) is 3.25. The van der Waals surface area contributed by atoms with Crippen LogP contribution >= 0.6 is 0 Å². The van der Waals surface area contributed by atoms with E-state index in [4.69, 9.17) is 4.42 Å². The number of likely N-dealkylation sites (tertiary alicyclic amines) is 1. The Kier molecular flexibility index (Phi) is 3.83. The summed E-state index contributed by atoms with van der Waals surface area (Å²) in [4.78, 5) is 16.9. The van der Waals surface area contributed by atoms with Crippen LogP contribution in [0.4, 0.5) is 0 Å². The Morgan fingerprint density at radius 2 is 2.10 bits per heavy atom. The Hall–Kier alpha value is -1.65. The number of fused-ring (bicyclic) bond motifs is 1. The SMILES string of the molecule is CC1CN(CC(=O)c2cc3ccccc3o2)CC1N(C)C. The molecule has 1 aromatic carbocycles. The molecule has 0 saturated carbocycles. The number of hydrogen-bond donors (Lipinski definition) is 0. The Morgan fingerprint density at radius 1 is 1.33 bits per heavy atom. The number of carbonyl (C=O) groups excluding carboxylic acids is 1. The van der Waals surface area contributed by atoms with Crippen LogP contribution in [-0.2, 0) is 0 Å². The summed E-state index contributed by atoms with van der Waals surface area (Å²) < 4.78 is 5.65. The molecule has 2 unspecified atom stereocenters. The van der Waals surface area contributed by atoms with Crippen LogP contribution in [-0.4, -0.2) is 55.4 Å². The summed E-state index contributed by atoms with van der Waals surface area (Å²) in [6.45, 7) is 4.60. The van der Waals surface area contributed by atoms with Crippen molar-refractivity contribution in [2.75, 3.05) is 33.7 Å². The molecule has 0 aliphatic carbocycles. The second-order valence-electron chi connectivity index (χ2n) is 6.27. The summed E-state index contributed by atoms with van der Waals surface area (Å²) >= 11 is 0. The van der Waals surface area contributed by atoms with Gasteiger partial charge in [0.1, 0.15) is 5.58 Å². The van der Waals surface area contributed by atoms with Crippen LogP contribution in [0.2, 0.25) is 0 Å². The number of carbonyl (C=O) groups is 1. The molecule has 1 saturated heterocycles. The summed E-state index contributed by atoms with van der Waals surface area (Å²) in [6.07, 6.45) is 0. The van der Waals surface area contributed by atoms with Crippen LogP contribution in [0.15, 0.2) is 34.7 Å². The quantitative estimate of drug-likeness (QED) is 0.809. The first-order valence-corrected chi connectivity index (χ1v) is 7.45. The Morgan fingerprint density at radius 3 is 2.76 bits per heavy atom. The summed E-state index contributed by atoms with van der Waals surface area (Å²) in [5, 5.41) is 0.988. The van der Waals surface area contributed by atoms with Crippen LogP contribution < -0.4 is 0 Å². The van der Waals surface area contributed by atoms with Crippen molar-refractivity contribution in [1.82, 2.24) is 9.80 Å². The van der Waals surface area contributed by atoms with Gasteiger partial charge in [-0.15, -0.1) is 0 Å². The number of nitrogens with zero attached hydrogens (tertiary/aromatic N) is 2. The van der Waals surface area contributed by atoms with Crippen molar-refractivity contribution in [3.05, 3.63) is 36.1 Å². The summed E-state index contributed by atoms with van der Waals surface area (Å²) in [5.41, 5.74) is 0.779. The van der Waals surface area contributed by atoms with E-state index >= 15 is 0 Å². The van der Waals surface area contributed by atoms with Gasteiger partial charge in [0.2, 0.25) is 5.78 Å². The van der Waals surface area contributed by atoms with E-state index in [0.29, 0.717) is 24.3 Å². The van der Waals surface area contributed by atoms with E-state index < -0.39 is 0 Å². The Labute approximate surface area is 125 Å². The minimum atomic E-state index is 0.0674. The fraction of sp³-hybridized carbons (Fsp3) is 0.471. The van der Waals surface area contributed by atoms with Gasteiger partial charge in [0.05, 0.1) is 6.54 Å². The molecule has 0 bridgehead atoms. The van der Waals surface area contributed by atoms with Gasteiger partial charge >= 0.3 is 0 Å². The van der Waals surface area contributed by atoms with E-state index in [9.17, 15) is 4.79 Å². The highest BCUT2D eigenvalue weighted by Crippen LogP contribution is 2.22. The molecule has 4 nitrogen and oxygen atoms in total. The van der Waals surface area contributed by atoms with Crippen molar-refractivity contribution in [2.45, 2.75) is 13.0 Å². The van der Waals surface area contributed by atoms with Crippen LogP contribution in [0.1, 0.15) is 17.5 Å². The first kappa shape index (κ1) is 14.3. The average Bonchev–Trinajstić information content (AvgIpc) is 3.02. The maximum atomic E-state index is 12.4. The van der Waals surface area contributed by atoms with Crippen LogP contribution in [0, 0.1) is 5.92 Å². The van der Waals surface area contributed by atoms with Crippen LogP contribution in [0.3, 0.4) is 0 Å². The maximum Gasteiger partial charge on any atom is 0.211 e. The van der Waals surface area contributed by atoms with Crippen molar-refractivity contribution in [2.24, 2.45) is 5.92 Å². The number of furan rings is 1. The molecular weight excluding hydrogens is 264 g/mol. The van der Waals surface area contributed by atoms with Gasteiger partial charge in [-0.05, 0) is 32.1 Å². The number of Topliss-reactive ketones (excluding diaryl/α,β-unsaturated/α-hetero) is 1. The number of rotatable bonds is 4. The number of likely N-dealkylation sites (N-methyl/N-ethyl adjacent to an activating group) is 1. The van der Waals surface area contributed by atoms with Gasteiger partial charge in [-0.3, -0.25) is 9.69 Å². The molecule has 2 atom stereocenters. The first-order chi connectivity index (χ1) is 10.0. The van der Waals surface area contributed by atoms with Gasteiger partial charge in [-0.1, -0.05) is 25.1 Å². The Bertz CT molecular complexity index is 614. The number of hydrogen-bond acceptors (Lipinski definition) is 4. The molecule has 2 heterocycles. The van der Waals surface area contributed by atoms with E-state index in [1.165, 1.54) is 0 Å². The molecule has 0 spiro atoms. The molecular formula is C17H22N2O2. The summed E-state index contributed by atoms with van der Waals surface area (Å²) in [5.74, 6) is 1.12. The lowest BCUT2D eigenvalue weighted by molar-refractivity contribution is 0.0916. The second kappa shape index (κ2) is 5.62. The van der Waals surface area contributed by atoms with Gasteiger partial charge in [0.25, 0.3) is 0 Å². The second-order valence-corrected chi connectivity index (χ2v) is 6.27. The third-order valence-corrected chi connectivity index (χ3v) is 4.38. The fourth-order valence-electron chi connectivity index (χ4n) is 3.25. The molecule has 0 N–H and O–H groups in total. The molecule has 0 radical (unpaired) electrons. The van der Waals surface area contributed by atoms with Crippen molar-refractivity contribution in [3.63, 3.8) is 0 Å². The monoisotopic (exact) mass is 286 g/mol. The molecule has 1 fully saturated rings. The predicted octanol–water partition coefficient (Wildman–Crippen LogP) is 2.50. The predicted molar refractivity (Wildman–Crippen MR) is 83.6 cm³/mol. The maximum absolute atomic E-state index is 12.4. The van der Waals surface area contributed by atoms with Crippen LogP contribution in [0.5, 0.6) is 0 Å². The number of benzene rings is 1. The van der Waals surface area contributed by atoms with Gasteiger partial charge < -0.3 is 9.32 Å². The smallest absolute Gasteiger partial charge is 0.211 e. The van der Waals surface area contributed by atoms with Gasteiger partial charge in [-0.2, -0.15) is 0 Å². The zero-order valence-electron chi connectivity index (χ0n) is 12.9. The highest BCUT2D eigenvalue weighted by Gasteiger charge is 2.32. The molecule has 1 aliphatic rings. The van der Waals surface area contributed by atoms with Gasteiger partial charge in [-0.25, -0.2) is 0 Å². The molecule has 4 heteroatoms. The third-order valence-electron chi connectivity index (χ3n) is 4.38. The zero-order chi connectivity index (χ0) is 15.0. The lowest BCUT2D eigenvalue weighted by atomic mass is 10.1. The zero-order valence-corrected chi connectivity index (χ0v) is 12.9. The summed E-state index contributed by atoms with van der Waals surface area (Å²) in [6, 6.07) is 10.1. The standard InChI is InChI=1S/C17H22N2O2/c1-12-9-19(10-14(12)18(2)3)11-15(20)17-8-13-6-4-5-7-16(13)21-17/h4-8,12,14H,9-11H2,1-3H3. The normalized spacial score (nSPS) is 23.2. The largest absolute Gasteiger partial charge is 0.453 e. The van der Waals surface area contributed by atoms with Crippen molar-refractivity contribution in [1.29, 1.82) is 0 Å². The van der Waals surface area contributed by atoms with Crippen molar-refractivity contribution in [3.8, 4) is 0 Å². The third kappa shape index (κ3) is 2.87. The summed E-state index contributed by atoms with van der Waals surface area (Å²) in [7, 11) is 4.21. The van der Waals surface area contributed by atoms with Crippen LogP contribution in [0.25, 0.3) is 11.0 Å². The minimum absolute atomic E-state index is 0.0674. The van der Waals surface area contributed by atoms with Crippen molar-refractivity contribution < 1.29 is 9.21 Å². The number of para-hydroxylation sites is 1. The molecule has 1 aliphatic heterocycles. The van der Waals surface area contributed by atoms with E-state index in [0.717, 1.165) is 24.1 Å². The highest BCUT2D eigenvalue weighted by atomic mass is 16.3. The molecule has 0 amide bonds. The molecule has 2 aromatic rings. The van der Waals surface area contributed by atoms with Crippen molar-refractivity contribution >= 4 is 16.8 Å². The van der Waals surface area contributed by atoms with E-state index in [-0.39, 0.29) is 5.78 Å². The molecule has 21 heavy (non-hydrogen) atoms. The van der Waals surface area contributed by atoms with E-state index in [1.54, 1.807) is 0 Å². The first-order valence-electron chi connectivity index (χ1n) is 7.45. The highest BCUT2D eigenvalue weighted by molar-refractivity contribution is 5.98. The van der Waals surface area contributed by atoms with E-state index in [1.807, 2.05) is 30.3 Å². The lowest BCUT2D eigenvalue weighted by Gasteiger charge is -2.22. The Balaban J connectivity index is 1.69. The molecule has 3 rings (SSSR count). The van der Waals surface area contributed by atoms with Gasteiger partial charge in [0.15, 0.2) is 5.76 Å². The number of ketones is 1.